The topological polar surface area (TPSA) is 110 Å². The Balaban J connectivity index is 1.77. The number of amides is 1. The molecule has 12 heteroatoms. The highest BCUT2D eigenvalue weighted by atomic mass is 32.1. The van der Waals surface area contributed by atoms with E-state index in [-0.39, 0.29) is 40.0 Å². The molecule has 0 aliphatic carbocycles. The molecule has 1 aromatic carbocycles. The molecule has 0 fully saturated rings. The Labute approximate surface area is 183 Å². The lowest BCUT2D eigenvalue weighted by atomic mass is 10.1. The minimum atomic E-state index is -4.46. The Bertz CT molecular complexity index is 1200. The van der Waals surface area contributed by atoms with Crippen LogP contribution in [0.15, 0.2) is 18.2 Å². The van der Waals surface area contributed by atoms with Gasteiger partial charge in [-0.2, -0.15) is 13.2 Å². The molecule has 2 N–H and O–H groups in total. The van der Waals surface area contributed by atoms with Crippen molar-refractivity contribution >= 4 is 44.3 Å². The molecule has 8 nitrogen and oxygen atoms in total. The first-order valence-corrected chi connectivity index (χ1v) is 10.0. The zero-order valence-electron chi connectivity index (χ0n) is 17.2. The largest absolute Gasteiger partial charge is 0.484 e. The number of carbonyl (C=O) groups is 3. The third-order valence-corrected chi connectivity index (χ3v) is 5.35. The molecule has 0 aliphatic heterocycles. The Morgan fingerprint density at radius 1 is 1.25 bits per heavy atom. The van der Waals surface area contributed by atoms with Gasteiger partial charge in [-0.25, -0.2) is 9.78 Å². The van der Waals surface area contributed by atoms with Gasteiger partial charge in [0.25, 0.3) is 0 Å². The quantitative estimate of drug-likeness (QED) is 0.399. The fourth-order valence-corrected chi connectivity index (χ4v) is 3.97. The van der Waals surface area contributed by atoms with E-state index in [1.807, 2.05) is 0 Å². The van der Waals surface area contributed by atoms with Crippen molar-refractivity contribution in [3.05, 3.63) is 40.7 Å². The molecule has 2 heterocycles. The number of hydrogen-bond acceptors (Lipinski definition) is 7. The van der Waals surface area contributed by atoms with Gasteiger partial charge in [-0.15, -0.1) is 0 Å². The lowest BCUT2D eigenvalue weighted by Crippen LogP contribution is -2.19. The average molecular weight is 469 g/mol. The van der Waals surface area contributed by atoms with Crippen LogP contribution in [-0.2, 0) is 16.0 Å². The maximum atomic E-state index is 12.5. The summed E-state index contributed by atoms with van der Waals surface area (Å²) >= 11 is 1.05. The molecular weight excluding hydrogens is 451 g/mol. The Hall–Kier alpha value is -3.41. The number of benzene rings is 1. The number of aromatic nitrogens is 2. The number of ether oxygens (including phenoxy) is 2. The van der Waals surface area contributed by atoms with Gasteiger partial charge in [0.05, 0.1) is 35.0 Å². The highest BCUT2D eigenvalue weighted by molar-refractivity contribution is 7.22. The molecular formula is C20H18F3N3O5S. The van der Waals surface area contributed by atoms with Crippen LogP contribution >= 0.6 is 11.3 Å². The summed E-state index contributed by atoms with van der Waals surface area (Å²) in [6.45, 7) is 1.49. The number of halogens is 3. The van der Waals surface area contributed by atoms with Crippen molar-refractivity contribution in [3.8, 4) is 5.75 Å². The first-order chi connectivity index (χ1) is 15.0. The number of anilines is 1. The summed E-state index contributed by atoms with van der Waals surface area (Å²) in [4.78, 5) is 43.5. The standard InChI is InChI=1S/C20H18F3N3O5S/c1-9-16(18(29)30-3)13(24-17(9)10(2)27)7-15(28)26-19-25-12-5-4-11(6-14(12)32-19)31-8-20(21,22)23/h4-6,24H,7-8H2,1-3H3,(H,25,26,28). The number of esters is 1. The van der Waals surface area contributed by atoms with E-state index in [0.717, 1.165) is 11.3 Å². The summed E-state index contributed by atoms with van der Waals surface area (Å²) in [5.74, 6) is -1.47. The molecule has 170 valence electrons. The lowest BCUT2D eigenvalue weighted by Gasteiger charge is -2.08. The predicted octanol–water partition coefficient (Wildman–Crippen LogP) is 4.04. The van der Waals surface area contributed by atoms with Crippen molar-refractivity contribution in [2.45, 2.75) is 26.4 Å². The average Bonchev–Trinajstić information content (AvgIpc) is 3.24. The lowest BCUT2D eigenvalue weighted by molar-refractivity contribution is -0.153. The number of nitrogens with zero attached hydrogens (tertiary/aromatic N) is 1. The molecule has 0 atom stereocenters. The summed E-state index contributed by atoms with van der Waals surface area (Å²) in [5, 5.41) is 2.80. The van der Waals surface area contributed by atoms with E-state index in [9.17, 15) is 27.6 Å². The molecule has 2 aromatic heterocycles. The summed E-state index contributed by atoms with van der Waals surface area (Å²) < 4.78 is 46.9. The highest BCUT2D eigenvalue weighted by Crippen LogP contribution is 2.30. The maximum Gasteiger partial charge on any atom is 0.422 e. The number of alkyl halides is 3. The van der Waals surface area contributed by atoms with Crippen LogP contribution < -0.4 is 10.1 Å². The number of hydrogen-bond donors (Lipinski definition) is 2. The number of rotatable bonds is 7. The number of carbonyl (C=O) groups excluding carboxylic acids is 3. The van der Waals surface area contributed by atoms with Crippen LogP contribution in [0.25, 0.3) is 10.2 Å². The predicted molar refractivity (Wildman–Crippen MR) is 110 cm³/mol. The Morgan fingerprint density at radius 3 is 2.59 bits per heavy atom. The molecule has 0 spiro atoms. The number of aromatic amines is 1. The van der Waals surface area contributed by atoms with Crippen LogP contribution in [0, 0.1) is 6.92 Å². The van der Waals surface area contributed by atoms with Crippen LogP contribution in [0.4, 0.5) is 18.3 Å². The second kappa shape index (κ2) is 8.99. The SMILES string of the molecule is COC(=O)c1c(CC(=O)Nc2nc3ccc(OCC(F)(F)F)cc3s2)[nH]c(C(C)=O)c1C. The summed E-state index contributed by atoms with van der Waals surface area (Å²) in [6, 6.07) is 4.24. The Kier molecular flexibility index (Phi) is 6.53. The molecule has 3 rings (SSSR count). The van der Waals surface area contributed by atoms with Crippen LogP contribution in [-0.4, -0.2) is 47.5 Å². The number of ketones is 1. The van der Waals surface area contributed by atoms with Crippen LogP contribution in [0.5, 0.6) is 5.75 Å². The molecule has 0 unspecified atom stereocenters. The fourth-order valence-electron chi connectivity index (χ4n) is 3.06. The number of methoxy groups -OCH3 is 1. The monoisotopic (exact) mass is 469 g/mol. The third-order valence-electron chi connectivity index (χ3n) is 4.42. The van der Waals surface area contributed by atoms with Gasteiger partial charge in [0.1, 0.15) is 5.75 Å². The second-order valence-corrected chi connectivity index (χ2v) is 7.83. The van der Waals surface area contributed by atoms with E-state index in [4.69, 9.17) is 9.47 Å². The molecule has 0 aliphatic rings. The van der Waals surface area contributed by atoms with Gasteiger partial charge in [0, 0.05) is 12.6 Å². The van der Waals surface area contributed by atoms with Crippen LogP contribution in [0.1, 0.15) is 39.0 Å². The molecule has 0 saturated carbocycles. The van der Waals surface area contributed by atoms with Crippen molar-refractivity contribution in [2.24, 2.45) is 0 Å². The molecule has 1 amide bonds. The number of fused-ring (bicyclic) bond motifs is 1. The van der Waals surface area contributed by atoms with Crippen molar-refractivity contribution in [1.29, 1.82) is 0 Å². The van der Waals surface area contributed by atoms with Gasteiger partial charge in [0.2, 0.25) is 5.91 Å². The van der Waals surface area contributed by atoms with Crippen molar-refractivity contribution in [3.63, 3.8) is 0 Å². The highest BCUT2D eigenvalue weighted by Gasteiger charge is 2.28. The second-order valence-electron chi connectivity index (χ2n) is 6.80. The molecule has 0 radical (unpaired) electrons. The van der Waals surface area contributed by atoms with Crippen molar-refractivity contribution in [1.82, 2.24) is 9.97 Å². The maximum absolute atomic E-state index is 12.5. The van der Waals surface area contributed by atoms with E-state index < -0.39 is 24.7 Å². The zero-order chi connectivity index (χ0) is 23.6. The summed E-state index contributed by atoms with van der Waals surface area (Å²) in [7, 11) is 1.19. The van der Waals surface area contributed by atoms with E-state index in [1.165, 1.54) is 32.2 Å². The van der Waals surface area contributed by atoms with Gasteiger partial charge < -0.3 is 19.8 Å². The normalized spacial score (nSPS) is 11.4. The molecule has 3 aromatic rings. The third kappa shape index (κ3) is 5.25. The van der Waals surface area contributed by atoms with Gasteiger partial charge in [-0.1, -0.05) is 11.3 Å². The van der Waals surface area contributed by atoms with E-state index in [0.29, 0.717) is 15.8 Å². The zero-order valence-corrected chi connectivity index (χ0v) is 18.0. The molecule has 0 saturated heterocycles. The number of nitrogens with one attached hydrogen (secondary N) is 2. The van der Waals surface area contributed by atoms with Gasteiger partial charge in [-0.05, 0) is 30.7 Å². The van der Waals surface area contributed by atoms with Gasteiger partial charge in [0.15, 0.2) is 17.5 Å². The van der Waals surface area contributed by atoms with E-state index in [1.54, 1.807) is 6.92 Å². The minimum absolute atomic E-state index is 0.0256. The molecule has 0 bridgehead atoms. The smallest absolute Gasteiger partial charge is 0.422 e. The summed E-state index contributed by atoms with van der Waals surface area (Å²) in [5.41, 5.74) is 1.40. The number of H-pyrrole nitrogens is 1. The molecule has 32 heavy (non-hydrogen) atoms. The fraction of sp³-hybridized carbons (Fsp3) is 0.300. The summed E-state index contributed by atoms with van der Waals surface area (Å²) in [6.07, 6.45) is -4.71. The number of thiazole rings is 1. The van der Waals surface area contributed by atoms with Crippen molar-refractivity contribution < 1.29 is 37.0 Å². The van der Waals surface area contributed by atoms with Gasteiger partial charge in [-0.3, -0.25) is 9.59 Å². The number of Topliss-reactive ketones (excluding diaryl/α,β-unsaturated/α-hetero) is 1. The minimum Gasteiger partial charge on any atom is -0.484 e. The first kappa shape index (κ1) is 23.3. The van der Waals surface area contributed by atoms with Crippen LogP contribution in [0.3, 0.4) is 0 Å². The van der Waals surface area contributed by atoms with Crippen molar-refractivity contribution in [2.75, 3.05) is 19.0 Å². The first-order valence-electron chi connectivity index (χ1n) is 9.19. The van der Waals surface area contributed by atoms with Crippen LogP contribution in [0.2, 0.25) is 0 Å². The van der Waals surface area contributed by atoms with Gasteiger partial charge >= 0.3 is 12.1 Å². The van der Waals surface area contributed by atoms with E-state index >= 15 is 0 Å². The Morgan fingerprint density at radius 2 is 1.97 bits per heavy atom. The van der Waals surface area contributed by atoms with E-state index in [2.05, 4.69) is 15.3 Å².